The molecule has 0 aliphatic carbocycles. The molecule has 0 spiro atoms. The fraction of sp³-hybridized carbons (Fsp3) is 0.105. The highest BCUT2D eigenvalue weighted by Crippen LogP contribution is 2.32. The normalized spacial score (nSPS) is 15.4. The molecule has 2 amide bonds. The number of phenolic OH excluding ortho intramolecular Hbond substituents is 1. The van der Waals surface area contributed by atoms with Crippen LogP contribution in [0.25, 0.3) is 6.08 Å². The number of halogens is 1. The monoisotopic (exact) mass is 402 g/mol. The Morgan fingerprint density at radius 2 is 1.85 bits per heavy atom. The lowest BCUT2D eigenvalue weighted by Crippen LogP contribution is -2.31. The van der Waals surface area contributed by atoms with E-state index >= 15 is 0 Å². The summed E-state index contributed by atoms with van der Waals surface area (Å²) in [5.41, 5.74) is 1.25. The smallest absolute Gasteiger partial charge is 0.266 e. The van der Waals surface area contributed by atoms with E-state index in [2.05, 4.69) is 5.32 Å². The third-order valence-electron chi connectivity index (χ3n) is 3.75. The fourth-order valence-electron chi connectivity index (χ4n) is 2.38. The Balaban J connectivity index is 1.59. The van der Waals surface area contributed by atoms with Gasteiger partial charge in [0.2, 0.25) is 5.91 Å². The number of nitrogens with one attached hydrogen (secondary N) is 1. The van der Waals surface area contributed by atoms with Gasteiger partial charge >= 0.3 is 0 Å². The van der Waals surface area contributed by atoms with Crippen molar-refractivity contribution < 1.29 is 19.1 Å². The molecular weight excluding hydrogens is 387 g/mol. The molecule has 138 valence electrons. The first kappa shape index (κ1) is 19.1. The van der Waals surface area contributed by atoms with Crippen molar-refractivity contribution in [3.8, 4) is 5.75 Å². The zero-order valence-corrected chi connectivity index (χ0v) is 15.6. The molecule has 0 aromatic heterocycles. The first-order chi connectivity index (χ1) is 12.9. The third kappa shape index (κ3) is 4.93. The first-order valence-corrected chi connectivity index (χ1v) is 9.25. The van der Waals surface area contributed by atoms with Gasteiger partial charge in [-0.05, 0) is 48.0 Å². The largest absolute Gasteiger partial charge is 0.508 e. The van der Waals surface area contributed by atoms with Crippen LogP contribution in [0.15, 0.2) is 53.4 Å². The number of carbonyl (C=O) groups is 2. The molecule has 3 rings (SSSR count). The van der Waals surface area contributed by atoms with Gasteiger partial charge in [0.1, 0.15) is 15.9 Å². The number of hydrogen-bond acceptors (Lipinski definition) is 5. The molecule has 2 N–H and O–H groups in total. The van der Waals surface area contributed by atoms with Crippen molar-refractivity contribution in [3.63, 3.8) is 0 Å². The predicted molar refractivity (Wildman–Crippen MR) is 108 cm³/mol. The Morgan fingerprint density at radius 3 is 2.52 bits per heavy atom. The van der Waals surface area contributed by atoms with Gasteiger partial charge in [0.15, 0.2) is 0 Å². The minimum atomic E-state index is -0.348. The van der Waals surface area contributed by atoms with E-state index in [1.54, 1.807) is 30.3 Å². The van der Waals surface area contributed by atoms with E-state index in [-0.39, 0.29) is 36.3 Å². The fourth-order valence-corrected chi connectivity index (χ4v) is 3.69. The quantitative estimate of drug-likeness (QED) is 0.453. The molecule has 5 nitrogen and oxygen atoms in total. The zero-order chi connectivity index (χ0) is 19.4. The summed E-state index contributed by atoms with van der Waals surface area (Å²) in [6.45, 7) is 0.162. The van der Waals surface area contributed by atoms with Crippen molar-refractivity contribution in [2.75, 3.05) is 11.9 Å². The van der Waals surface area contributed by atoms with Gasteiger partial charge in [-0.15, -0.1) is 0 Å². The Morgan fingerprint density at radius 1 is 1.19 bits per heavy atom. The average molecular weight is 402 g/mol. The number of hydrogen-bond donors (Lipinski definition) is 2. The summed E-state index contributed by atoms with van der Waals surface area (Å²) in [5, 5.41) is 11.9. The standard InChI is InChI=1S/C19H15FN2O3S2/c20-13-3-1-12(2-4-13)11-16-18(25)22(19(26)27-16)10-9-17(24)21-14-5-7-15(23)8-6-14/h1-8,11,23H,9-10H2,(H,21,24)/b16-11-. The second-order valence-electron chi connectivity index (χ2n) is 5.73. The number of amides is 2. The molecule has 0 radical (unpaired) electrons. The van der Waals surface area contributed by atoms with Crippen molar-refractivity contribution in [2.45, 2.75) is 6.42 Å². The Bertz CT molecular complexity index is 912. The maximum Gasteiger partial charge on any atom is 0.266 e. The number of thioether (sulfide) groups is 1. The molecule has 2 aromatic rings. The summed E-state index contributed by atoms with van der Waals surface area (Å²) in [7, 11) is 0. The minimum absolute atomic E-state index is 0.0805. The molecular formula is C19H15FN2O3S2. The van der Waals surface area contributed by atoms with Crippen LogP contribution in [-0.4, -0.2) is 32.7 Å². The molecule has 27 heavy (non-hydrogen) atoms. The summed E-state index contributed by atoms with van der Waals surface area (Å²) >= 11 is 6.39. The van der Waals surface area contributed by atoms with Crippen LogP contribution in [0.1, 0.15) is 12.0 Å². The number of nitrogens with zero attached hydrogens (tertiary/aromatic N) is 1. The van der Waals surface area contributed by atoms with Crippen molar-refractivity contribution in [2.24, 2.45) is 0 Å². The van der Waals surface area contributed by atoms with E-state index in [4.69, 9.17) is 12.2 Å². The SMILES string of the molecule is O=C(CCN1C(=O)/C(=C/c2ccc(F)cc2)SC1=S)Nc1ccc(O)cc1. The van der Waals surface area contributed by atoms with E-state index in [0.717, 1.165) is 11.8 Å². The Hall–Kier alpha value is -2.71. The average Bonchev–Trinajstić information content (AvgIpc) is 2.90. The summed E-state index contributed by atoms with van der Waals surface area (Å²) in [5.74, 6) is -0.776. The van der Waals surface area contributed by atoms with E-state index in [9.17, 15) is 19.1 Å². The third-order valence-corrected chi connectivity index (χ3v) is 5.13. The summed E-state index contributed by atoms with van der Waals surface area (Å²) < 4.78 is 13.4. The highest BCUT2D eigenvalue weighted by atomic mass is 32.2. The predicted octanol–water partition coefficient (Wildman–Crippen LogP) is 3.76. The van der Waals surface area contributed by atoms with Gasteiger partial charge in [0, 0.05) is 18.7 Å². The number of thiocarbonyl (C=S) groups is 1. The molecule has 0 bridgehead atoms. The van der Waals surface area contributed by atoms with Gasteiger partial charge in [0.25, 0.3) is 5.91 Å². The highest BCUT2D eigenvalue weighted by molar-refractivity contribution is 8.26. The second kappa shape index (κ2) is 8.32. The number of carbonyl (C=O) groups excluding carboxylic acids is 2. The lowest BCUT2D eigenvalue weighted by atomic mass is 10.2. The van der Waals surface area contributed by atoms with Crippen molar-refractivity contribution in [1.82, 2.24) is 4.90 Å². The van der Waals surface area contributed by atoms with Crippen molar-refractivity contribution >= 4 is 51.9 Å². The maximum absolute atomic E-state index is 13.0. The lowest BCUT2D eigenvalue weighted by Gasteiger charge is -2.14. The number of phenols is 1. The van der Waals surface area contributed by atoms with Crippen LogP contribution in [-0.2, 0) is 9.59 Å². The van der Waals surface area contributed by atoms with Gasteiger partial charge in [-0.1, -0.05) is 36.1 Å². The van der Waals surface area contributed by atoms with Crippen LogP contribution >= 0.6 is 24.0 Å². The molecule has 1 heterocycles. The molecule has 0 saturated carbocycles. The molecule has 1 aliphatic rings. The summed E-state index contributed by atoms with van der Waals surface area (Å²) in [6, 6.07) is 11.9. The van der Waals surface area contributed by atoms with Crippen LogP contribution in [0.5, 0.6) is 5.75 Å². The molecule has 1 aliphatic heterocycles. The van der Waals surface area contributed by atoms with Crippen LogP contribution in [0.3, 0.4) is 0 Å². The molecule has 0 atom stereocenters. The van der Waals surface area contributed by atoms with Crippen molar-refractivity contribution in [1.29, 1.82) is 0 Å². The number of benzene rings is 2. The van der Waals surface area contributed by atoms with E-state index < -0.39 is 0 Å². The van der Waals surface area contributed by atoms with Crippen LogP contribution in [0, 0.1) is 5.82 Å². The zero-order valence-electron chi connectivity index (χ0n) is 14.0. The molecule has 0 unspecified atom stereocenters. The second-order valence-corrected chi connectivity index (χ2v) is 7.41. The molecule has 1 fully saturated rings. The number of anilines is 1. The highest BCUT2D eigenvalue weighted by Gasteiger charge is 2.32. The van der Waals surface area contributed by atoms with Gasteiger partial charge in [-0.3, -0.25) is 14.5 Å². The van der Waals surface area contributed by atoms with E-state index in [1.165, 1.54) is 29.2 Å². The van der Waals surface area contributed by atoms with Gasteiger partial charge in [0.05, 0.1) is 4.91 Å². The van der Waals surface area contributed by atoms with E-state index in [1.807, 2.05) is 0 Å². The van der Waals surface area contributed by atoms with Gasteiger partial charge in [-0.25, -0.2) is 4.39 Å². The minimum Gasteiger partial charge on any atom is -0.508 e. The topological polar surface area (TPSA) is 69.6 Å². The summed E-state index contributed by atoms with van der Waals surface area (Å²) in [6.07, 6.45) is 1.73. The van der Waals surface area contributed by atoms with Crippen LogP contribution in [0.2, 0.25) is 0 Å². The van der Waals surface area contributed by atoms with Gasteiger partial charge < -0.3 is 10.4 Å². The maximum atomic E-state index is 13.0. The summed E-state index contributed by atoms with van der Waals surface area (Å²) in [4.78, 5) is 26.4. The number of rotatable bonds is 5. The molecule has 1 saturated heterocycles. The Kier molecular flexibility index (Phi) is 5.88. The van der Waals surface area contributed by atoms with Crippen LogP contribution < -0.4 is 5.32 Å². The van der Waals surface area contributed by atoms with Crippen molar-refractivity contribution in [3.05, 3.63) is 64.8 Å². The molecule has 2 aromatic carbocycles. The molecule has 8 heteroatoms. The lowest BCUT2D eigenvalue weighted by molar-refractivity contribution is -0.122. The number of aromatic hydroxyl groups is 1. The van der Waals surface area contributed by atoms with E-state index in [0.29, 0.717) is 20.5 Å². The Labute approximate surface area is 164 Å². The van der Waals surface area contributed by atoms with Gasteiger partial charge in [-0.2, -0.15) is 0 Å². The first-order valence-electron chi connectivity index (χ1n) is 8.02. The van der Waals surface area contributed by atoms with Crippen LogP contribution in [0.4, 0.5) is 10.1 Å².